The lowest BCUT2D eigenvalue weighted by molar-refractivity contribution is -0.121. The molecule has 94 valence electrons. The van der Waals surface area contributed by atoms with Gasteiger partial charge in [-0.15, -0.1) is 0 Å². The van der Waals surface area contributed by atoms with Crippen molar-refractivity contribution in [3.05, 3.63) is 0 Å². The van der Waals surface area contributed by atoms with Gasteiger partial charge in [-0.05, 0) is 39.9 Å². The van der Waals surface area contributed by atoms with Gasteiger partial charge in [-0.25, -0.2) is 0 Å². The molecular formula is C12H25N3O. The Bertz CT molecular complexity index is 202. The molecule has 1 amide bonds. The van der Waals surface area contributed by atoms with Crippen molar-refractivity contribution in [1.82, 2.24) is 15.5 Å². The molecule has 2 N–H and O–H groups in total. The van der Waals surface area contributed by atoms with E-state index in [9.17, 15) is 4.79 Å². The molecule has 1 saturated heterocycles. The second-order valence-corrected chi connectivity index (χ2v) is 4.60. The van der Waals surface area contributed by atoms with Crippen LogP contribution in [0, 0.1) is 0 Å². The van der Waals surface area contributed by atoms with Crippen molar-refractivity contribution in [2.75, 3.05) is 33.2 Å². The molecule has 0 spiro atoms. The number of rotatable bonds is 6. The highest BCUT2D eigenvalue weighted by Crippen LogP contribution is 2.11. The summed E-state index contributed by atoms with van der Waals surface area (Å²) in [7, 11) is 1.86. The fourth-order valence-electron chi connectivity index (χ4n) is 2.08. The van der Waals surface area contributed by atoms with Crippen molar-refractivity contribution in [2.45, 2.75) is 38.6 Å². The summed E-state index contributed by atoms with van der Waals surface area (Å²) in [5, 5.41) is 5.97. The highest BCUT2D eigenvalue weighted by molar-refractivity contribution is 5.76. The van der Waals surface area contributed by atoms with E-state index in [4.69, 9.17) is 0 Å². The number of carbonyl (C=O) groups is 1. The van der Waals surface area contributed by atoms with Crippen LogP contribution < -0.4 is 10.6 Å². The summed E-state index contributed by atoms with van der Waals surface area (Å²) in [5.74, 6) is 0.151. The number of piperidine rings is 1. The molecule has 1 fully saturated rings. The predicted molar refractivity (Wildman–Crippen MR) is 66.4 cm³/mol. The number of carbonyl (C=O) groups excluding carboxylic acids is 1. The quantitative estimate of drug-likeness (QED) is 0.698. The number of likely N-dealkylation sites (tertiary alicyclic amines) is 1. The normalized spacial score (nSPS) is 19.4. The smallest absolute Gasteiger partial charge is 0.221 e. The van der Waals surface area contributed by atoms with Crippen LogP contribution in [0.3, 0.4) is 0 Å². The average Bonchev–Trinajstić information content (AvgIpc) is 2.34. The van der Waals surface area contributed by atoms with Gasteiger partial charge >= 0.3 is 0 Å². The summed E-state index contributed by atoms with van der Waals surface area (Å²) >= 11 is 0. The van der Waals surface area contributed by atoms with Gasteiger partial charge in [0.25, 0.3) is 0 Å². The molecule has 4 heteroatoms. The third kappa shape index (κ3) is 4.94. The minimum absolute atomic E-state index is 0.151. The monoisotopic (exact) mass is 227 g/mol. The first-order valence-corrected chi connectivity index (χ1v) is 6.39. The van der Waals surface area contributed by atoms with E-state index in [1.165, 1.54) is 32.4 Å². The number of hydrogen-bond donors (Lipinski definition) is 2. The maximum absolute atomic E-state index is 11.4. The van der Waals surface area contributed by atoms with Crippen molar-refractivity contribution in [3.63, 3.8) is 0 Å². The summed E-state index contributed by atoms with van der Waals surface area (Å²) in [6.07, 6.45) is 4.54. The zero-order valence-corrected chi connectivity index (χ0v) is 10.6. The minimum atomic E-state index is 0.151. The molecule has 4 nitrogen and oxygen atoms in total. The van der Waals surface area contributed by atoms with Gasteiger partial charge < -0.3 is 10.6 Å². The van der Waals surface area contributed by atoms with Gasteiger partial charge in [-0.1, -0.05) is 6.42 Å². The van der Waals surface area contributed by atoms with Gasteiger partial charge in [0.2, 0.25) is 5.91 Å². The van der Waals surface area contributed by atoms with Gasteiger partial charge in [0.15, 0.2) is 0 Å². The maximum atomic E-state index is 11.4. The Labute approximate surface area is 98.8 Å². The predicted octanol–water partition coefficient (Wildman–Crippen LogP) is 0.587. The number of amides is 1. The molecule has 1 atom stereocenters. The van der Waals surface area contributed by atoms with Crippen LogP contribution in [0.15, 0.2) is 0 Å². The average molecular weight is 227 g/mol. The zero-order valence-electron chi connectivity index (χ0n) is 10.6. The van der Waals surface area contributed by atoms with E-state index in [1.807, 2.05) is 7.05 Å². The van der Waals surface area contributed by atoms with Gasteiger partial charge in [0, 0.05) is 25.6 Å². The Balaban J connectivity index is 2.13. The lowest BCUT2D eigenvalue weighted by Gasteiger charge is -2.32. The fraction of sp³-hybridized carbons (Fsp3) is 0.917. The minimum Gasteiger partial charge on any atom is -0.355 e. The Morgan fingerprint density at radius 3 is 2.62 bits per heavy atom. The van der Waals surface area contributed by atoms with E-state index in [-0.39, 0.29) is 5.91 Å². The lowest BCUT2D eigenvalue weighted by Crippen LogP contribution is -2.44. The topological polar surface area (TPSA) is 44.4 Å². The highest BCUT2D eigenvalue weighted by Gasteiger charge is 2.16. The van der Waals surface area contributed by atoms with Crippen molar-refractivity contribution in [1.29, 1.82) is 0 Å². The molecule has 1 rings (SSSR count). The van der Waals surface area contributed by atoms with E-state index < -0.39 is 0 Å². The summed E-state index contributed by atoms with van der Waals surface area (Å²) in [6.45, 7) is 6.11. The van der Waals surface area contributed by atoms with Crippen LogP contribution in [0.5, 0.6) is 0 Å². The molecule has 1 aliphatic rings. The molecule has 1 aliphatic heterocycles. The van der Waals surface area contributed by atoms with Crippen LogP contribution in [-0.4, -0.2) is 50.1 Å². The SMILES string of the molecule is CNCCC(=O)NCC(C)N1CCCCC1. The van der Waals surface area contributed by atoms with E-state index >= 15 is 0 Å². The summed E-state index contributed by atoms with van der Waals surface area (Å²) in [6, 6.07) is 0.471. The second kappa shape index (κ2) is 7.63. The molecule has 0 aromatic heterocycles. The van der Waals surface area contributed by atoms with Gasteiger partial charge in [0.1, 0.15) is 0 Å². The third-order valence-corrected chi connectivity index (χ3v) is 3.21. The molecule has 0 aromatic carbocycles. The standard InChI is InChI=1S/C12H25N3O/c1-11(15-8-4-3-5-9-15)10-14-12(16)6-7-13-2/h11,13H,3-10H2,1-2H3,(H,14,16). The molecule has 0 aliphatic carbocycles. The molecule has 0 bridgehead atoms. The first-order valence-electron chi connectivity index (χ1n) is 6.39. The molecule has 0 aromatic rings. The molecule has 0 radical (unpaired) electrons. The molecule has 16 heavy (non-hydrogen) atoms. The Kier molecular flexibility index (Phi) is 6.42. The molecular weight excluding hydrogens is 202 g/mol. The van der Waals surface area contributed by atoms with Crippen LogP contribution in [0.4, 0.5) is 0 Å². The van der Waals surface area contributed by atoms with Crippen molar-refractivity contribution in [2.24, 2.45) is 0 Å². The summed E-state index contributed by atoms with van der Waals surface area (Å²) in [4.78, 5) is 13.9. The zero-order chi connectivity index (χ0) is 11.8. The second-order valence-electron chi connectivity index (χ2n) is 4.60. The Morgan fingerprint density at radius 2 is 2.00 bits per heavy atom. The first-order chi connectivity index (χ1) is 7.74. The van der Waals surface area contributed by atoms with Crippen molar-refractivity contribution >= 4 is 5.91 Å². The van der Waals surface area contributed by atoms with Gasteiger partial charge in [0.05, 0.1) is 0 Å². The maximum Gasteiger partial charge on any atom is 0.221 e. The lowest BCUT2D eigenvalue weighted by atomic mass is 10.1. The van der Waals surface area contributed by atoms with Crippen LogP contribution in [0.25, 0.3) is 0 Å². The summed E-state index contributed by atoms with van der Waals surface area (Å²) in [5.41, 5.74) is 0. The van der Waals surface area contributed by atoms with E-state index in [0.717, 1.165) is 13.1 Å². The Morgan fingerprint density at radius 1 is 1.31 bits per heavy atom. The van der Waals surface area contributed by atoms with Crippen LogP contribution in [0.1, 0.15) is 32.6 Å². The van der Waals surface area contributed by atoms with E-state index in [2.05, 4.69) is 22.5 Å². The molecule has 1 unspecified atom stereocenters. The first kappa shape index (κ1) is 13.5. The highest BCUT2D eigenvalue weighted by atomic mass is 16.1. The number of nitrogens with one attached hydrogen (secondary N) is 2. The largest absolute Gasteiger partial charge is 0.355 e. The van der Waals surface area contributed by atoms with Crippen molar-refractivity contribution in [3.8, 4) is 0 Å². The van der Waals surface area contributed by atoms with Crippen LogP contribution >= 0.6 is 0 Å². The molecule has 0 saturated carbocycles. The fourth-order valence-corrected chi connectivity index (χ4v) is 2.08. The number of hydrogen-bond acceptors (Lipinski definition) is 3. The molecule has 1 heterocycles. The van der Waals surface area contributed by atoms with E-state index in [0.29, 0.717) is 12.5 Å². The van der Waals surface area contributed by atoms with Crippen molar-refractivity contribution < 1.29 is 4.79 Å². The van der Waals surface area contributed by atoms with Crippen LogP contribution in [0.2, 0.25) is 0 Å². The third-order valence-electron chi connectivity index (χ3n) is 3.21. The van der Waals surface area contributed by atoms with Crippen LogP contribution in [-0.2, 0) is 4.79 Å². The van der Waals surface area contributed by atoms with Gasteiger partial charge in [-0.3, -0.25) is 9.69 Å². The summed E-state index contributed by atoms with van der Waals surface area (Å²) < 4.78 is 0. The van der Waals surface area contributed by atoms with E-state index in [1.54, 1.807) is 0 Å². The Hall–Kier alpha value is -0.610. The van der Waals surface area contributed by atoms with Gasteiger partial charge in [-0.2, -0.15) is 0 Å². The number of nitrogens with zero attached hydrogens (tertiary/aromatic N) is 1.